The van der Waals surface area contributed by atoms with Crippen molar-refractivity contribution in [2.75, 3.05) is 23.7 Å². The van der Waals surface area contributed by atoms with E-state index in [9.17, 15) is 9.59 Å². The lowest BCUT2D eigenvalue weighted by molar-refractivity contribution is -0.117. The van der Waals surface area contributed by atoms with Crippen LogP contribution in [0.3, 0.4) is 0 Å². The molecule has 0 unspecified atom stereocenters. The van der Waals surface area contributed by atoms with Gasteiger partial charge in [0.2, 0.25) is 5.91 Å². The van der Waals surface area contributed by atoms with E-state index < -0.39 is 0 Å². The molecule has 8 nitrogen and oxygen atoms in total. The van der Waals surface area contributed by atoms with Gasteiger partial charge in [0.05, 0.1) is 18.0 Å². The second-order valence-electron chi connectivity index (χ2n) is 9.60. The zero-order valence-electron chi connectivity index (χ0n) is 19.3. The van der Waals surface area contributed by atoms with Crippen molar-refractivity contribution in [3.05, 3.63) is 41.0 Å². The Morgan fingerprint density at radius 1 is 1.12 bits per heavy atom. The van der Waals surface area contributed by atoms with Crippen LogP contribution in [0.15, 0.2) is 18.3 Å². The molecule has 2 fully saturated rings. The molecule has 2 aromatic rings. The Kier molecular flexibility index (Phi) is 6.00. The summed E-state index contributed by atoms with van der Waals surface area (Å²) < 4.78 is 0. The molecule has 5 rings (SSSR count). The second kappa shape index (κ2) is 9.08. The molecule has 2 aromatic heterocycles. The van der Waals surface area contributed by atoms with E-state index in [1.807, 2.05) is 16.7 Å². The molecule has 0 radical (unpaired) electrons. The summed E-state index contributed by atoms with van der Waals surface area (Å²) in [7, 11) is 0. The Labute approximate surface area is 194 Å². The standard InChI is InChI=1S/C25H32N6O2/c1-16-19-14-21(32)31(15-17-8-3-2-4-9-17)24(19)29-23(28-16)20-11-5-6-13-30(20)25(33)18-10-7-12-27-22(18)26/h7,10,12,17,20H,2-6,8-9,11,13-15H2,1H3,(H2,26,27)/t20-/m0/s1. The number of anilines is 2. The Morgan fingerprint density at radius 2 is 1.91 bits per heavy atom. The number of hydrogen-bond donors (Lipinski definition) is 1. The minimum atomic E-state index is -0.234. The third-order valence-electron chi connectivity index (χ3n) is 7.39. The van der Waals surface area contributed by atoms with E-state index in [4.69, 9.17) is 15.7 Å². The van der Waals surface area contributed by atoms with Crippen molar-refractivity contribution >= 4 is 23.5 Å². The monoisotopic (exact) mass is 448 g/mol. The number of aryl methyl sites for hydroxylation is 1. The van der Waals surface area contributed by atoms with Gasteiger partial charge in [-0.25, -0.2) is 15.0 Å². The minimum Gasteiger partial charge on any atom is -0.383 e. The van der Waals surface area contributed by atoms with Gasteiger partial charge in [-0.1, -0.05) is 19.3 Å². The van der Waals surface area contributed by atoms with Crippen LogP contribution in [0.25, 0.3) is 0 Å². The number of piperidine rings is 1. The summed E-state index contributed by atoms with van der Waals surface area (Å²) in [6, 6.07) is 3.21. The quantitative estimate of drug-likeness (QED) is 0.766. The number of hydrogen-bond acceptors (Lipinski definition) is 6. The number of fused-ring (bicyclic) bond motifs is 1. The first-order valence-corrected chi connectivity index (χ1v) is 12.2. The number of carbonyl (C=O) groups excluding carboxylic acids is 2. The van der Waals surface area contributed by atoms with Gasteiger partial charge in [0, 0.05) is 30.5 Å². The van der Waals surface area contributed by atoms with Gasteiger partial charge in [0.15, 0.2) is 5.82 Å². The topological polar surface area (TPSA) is 105 Å². The van der Waals surface area contributed by atoms with Crippen LogP contribution in [0.4, 0.5) is 11.6 Å². The lowest BCUT2D eigenvalue weighted by atomic mass is 9.89. The lowest BCUT2D eigenvalue weighted by Crippen LogP contribution is -2.40. The molecule has 1 saturated carbocycles. The number of nitrogens with two attached hydrogens (primary N) is 1. The largest absolute Gasteiger partial charge is 0.383 e. The number of carbonyl (C=O) groups is 2. The number of likely N-dealkylation sites (tertiary alicyclic amines) is 1. The third kappa shape index (κ3) is 4.18. The first kappa shape index (κ1) is 21.8. The van der Waals surface area contributed by atoms with E-state index in [1.54, 1.807) is 18.3 Å². The third-order valence-corrected chi connectivity index (χ3v) is 7.39. The van der Waals surface area contributed by atoms with Crippen molar-refractivity contribution in [1.82, 2.24) is 19.9 Å². The van der Waals surface area contributed by atoms with Gasteiger partial charge in [0.1, 0.15) is 11.6 Å². The summed E-state index contributed by atoms with van der Waals surface area (Å²) in [5, 5.41) is 0. The Hall–Kier alpha value is -3.03. The normalized spacial score (nSPS) is 21.4. The maximum Gasteiger partial charge on any atom is 0.258 e. The van der Waals surface area contributed by atoms with Crippen molar-refractivity contribution in [2.24, 2.45) is 5.92 Å². The average molecular weight is 449 g/mol. The predicted molar refractivity (Wildman–Crippen MR) is 126 cm³/mol. The average Bonchev–Trinajstić information content (AvgIpc) is 3.15. The van der Waals surface area contributed by atoms with Crippen LogP contribution < -0.4 is 10.6 Å². The predicted octanol–water partition coefficient (Wildman–Crippen LogP) is 3.60. The van der Waals surface area contributed by atoms with Crippen LogP contribution in [0.1, 0.15) is 84.8 Å². The fourth-order valence-corrected chi connectivity index (χ4v) is 5.56. The van der Waals surface area contributed by atoms with E-state index in [-0.39, 0.29) is 23.7 Å². The van der Waals surface area contributed by atoms with E-state index in [0.29, 0.717) is 30.3 Å². The molecule has 2 aliphatic heterocycles. The molecule has 8 heteroatoms. The zero-order chi connectivity index (χ0) is 22.9. The molecule has 33 heavy (non-hydrogen) atoms. The van der Waals surface area contributed by atoms with Crippen LogP contribution in [0.5, 0.6) is 0 Å². The molecular weight excluding hydrogens is 416 g/mol. The molecule has 4 heterocycles. The molecular formula is C25H32N6O2. The van der Waals surface area contributed by atoms with Gasteiger partial charge in [-0.05, 0) is 57.1 Å². The molecule has 1 saturated heterocycles. The van der Waals surface area contributed by atoms with Crippen LogP contribution in [0.2, 0.25) is 0 Å². The van der Waals surface area contributed by atoms with E-state index in [0.717, 1.165) is 42.9 Å². The van der Waals surface area contributed by atoms with Crippen LogP contribution >= 0.6 is 0 Å². The van der Waals surface area contributed by atoms with Crippen molar-refractivity contribution < 1.29 is 9.59 Å². The molecule has 3 aliphatic rings. The number of aromatic nitrogens is 3. The number of nitrogen functional groups attached to an aromatic ring is 1. The summed E-state index contributed by atoms with van der Waals surface area (Å²) in [6.45, 7) is 3.32. The smallest absolute Gasteiger partial charge is 0.258 e. The highest BCUT2D eigenvalue weighted by molar-refractivity contribution is 6.00. The lowest BCUT2D eigenvalue weighted by Gasteiger charge is -2.35. The summed E-state index contributed by atoms with van der Waals surface area (Å²) in [5.41, 5.74) is 8.19. The maximum atomic E-state index is 13.4. The van der Waals surface area contributed by atoms with Crippen LogP contribution in [-0.4, -0.2) is 44.8 Å². The number of amides is 2. The fourth-order valence-electron chi connectivity index (χ4n) is 5.56. The van der Waals surface area contributed by atoms with Gasteiger partial charge in [0.25, 0.3) is 5.91 Å². The Bertz CT molecular complexity index is 1060. The van der Waals surface area contributed by atoms with Gasteiger partial charge in [-0.15, -0.1) is 0 Å². The van der Waals surface area contributed by atoms with Crippen molar-refractivity contribution in [2.45, 2.75) is 70.8 Å². The summed E-state index contributed by atoms with van der Waals surface area (Å²) >= 11 is 0. The van der Waals surface area contributed by atoms with Crippen LogP contribution in [-0.2, 0) is 11.2 Å². The first-order valence-electron chi connectivity index (χ1n) is 12.2. The molecule has 1 aliphatic carbocycles. The van der Waals surface area contributed by atoms with Gasteiger partial charge in [-0.3, -0.25) is 14.5 Å². The number of nitrogens with zero attached hydrogens (tertiary/aromatic N) is 5. The number of pyridine rings is 1. The summed E-state index contributed by atoms with van der Waals surface area (Å²) in [5.74, 6) is 2.14. The molecule has 1 atom stereocenters. The Morgan fingerprint density at radius 3 is 2.70 bits per heavy atom. The van der Waals surface area contributed by atoms with E-state index >= 15 is 0 Å². The highest BCUT2D eigenvalue weighted by atomic mass is 16.2. The highest BCUT2D eigenvalue weighted by Gasteiger charge is 2.37. The number of rotatable bonds is 4. The molecule has 2 N–H and O–H groups in total. The maximum absolute atomic E-state index is 13.4. The summed E-state index contributed by atoms with van der Waals surface area (Å²) in [4.78, 5) is 43.8. The first-order chi connectivity index (χ1) is 16.0. The zero-order valence-corrected chi connectivity index (χ0v) is 19.3. The van der Waals surface area contributed by atoms with Crippen molar-refractivity contribution in [3.8, 4) is 0 Å². The second-order valence-corrected chi connectivity index (χ2v) is 9.60. The van der Waals surface area contributed by atoms with Gasteiger partial charge < -0.3 is 10.6 Å². The van der Waals surface area contributed by atoms with Gasteiger partial charge in [-0.2, -0.15) is 0 Å². The van der Waals surface area contributed by atoms with E-state index in [1.165, 1.54) is 32.1 Å². The van der Waals surface area contributed by atoms with Crippen molar-refractivity contribution in [1.29, 1.82) is 0 Å². The van der Waals surface area contributed by atoms with E-state index in [2.05, 4.69) is 4.98 Å². The highest BCUT2D eigenvalue weighted by Crippen LogP contribution is 2.36. The van der Waals surface area contributed by atoms with Crippen molar-refractivity contribution in [3.63, 3.8) is 0 Å². The summed E-state index contributed by atoms with van der Waals surface area (Å²) in [6.07, 6.45) is 10.8. The molecule has 0 bridgehead atoms. The minimum absolute atomic E-state index is 0.116. The van der Waals surface area contributed by atoms with Crippen LogP contribution in [0, 0.1) is 12.8 Å². The molecule has 174 valence electrons. The Balaban J connectivity index is 1.46. The fraction of sp³-hybridized carbons (Fsp3) is 0.560. The molecule has 0 spiro atoms. The molecule has 2 amide bonds. The molecule has 0 aromatic carbocycles. The van der Waals surface area contributed by atoms with Gasteiger partial charge >= 0.3 is 0 Å². The SMILES string of the molecule is Cc1nc([C@@H]2CCCCN2C(=O)c2cccnc2N)nc2c1CC(=O)N2CC1CCCCC1.